The molecule has 5 nitrogen and oxygen atoms in total. The number of aliphatic hydroxyl groups excluding tert-OH is 1. The summed E-state index contributed by atoms with van der Waals surface area (Å²) in [5.41, 5.74) is 2.57. The number of benzene rings is 1. The number of fused-ring (bicyclic) bond motifs is 1. The Kier molecular flexibility index (Phi) is 3.44. The summed E-state index contributed by atoms with van der Waals surface area (Å²) in [5.74, 6) is 0.392. The molecule has 1 amide bonds. The summed E-state index contributed by atoms with van der Waals surface area (Å²) in [6.07, 6.45) is 3.50. The third-order valence-electron chi connectivity index (χ3n) is 4.08. The highest BCUT2D eigenvalue weighted by Gasteiger charge is 2.24. The van der Waals surface area contributed by atoms with Crippen LogP contribution in [0.4, 0.5) is 0 Å². The molecule has 2 heterocycles. The number of H-pyrrole nitrogens is 1. The van der Waals surface area contributed by atoms with E-state index in [2.05, 4.69) is 10.2 Å². The third-order valence-corrected chi connectivity index (χ3v) is 4.08. The van der Waals surface area contributed by atoms with Crippen molar-refractivity contribution >= 4 is 16.8 Å². The van der Waals surface area contributed by atoms with E-state index in [1.165, 1.54) is 0 Å². The number of likely N-dealkylation sites (tertiary alicyclic amines) is 1. The number of rotatable bonds is 2. The van der Waals surface area contributed by atoms with Crippen LogP contribution in [0.2, 0.25) is 0 Å². The lowest BCUT2D eigenvalue weighted by molar-refractivity contribution is 0.0652. The van der Waals surface area contributed by atoms with Crippen molar-refractivity contribution in [2.75, 3.05) is 19.7 Å². The first-order valence-corrected chi connectivity index (χ1v) is 7.03. The van der Waals surface area contributed by atoms with E-state index in [0.717, 1.165) is 29.3 Å². The Morgan fingerprint density at radius 2 is 2.20 bits per heavy atom. The summed E-state index contributed by atoms with van der Waals surface area (Å²) in [6.45, 7) is 3.64. The lowest BCUT2D eigenvalue weighted by Gasteiger charge is -2.31. The smallest absolute Gasteiger partial charge is 0.256 e. The van der Waals surface area contributed by atoms with Crippen LogP contribution in [0.15, 0.2) is 18.3 Å². The van der Waals surface area contributed by atoms with Gasteiger partial charge in [0.05, 0.1) is 17.3 Å². The van der Waals surface area contributed by atoms with Crippen LogP contribution < -0.4 is 0 Å². The SMILES string of the molecule is Cc1cc(C(=O)N2CCC(CO)CC2)c2[nH]ncc2c1. The number of amides is 1. The molecule has 5 heteroatoms. The van der Waals surface area contributed by atoms with Gasteiger partial charge >= 0.3 is 0 Å². The van der Waals surface area contributed by atoms with Crippen molar-refractivity contribution in [3.8, 4) is 0 Å². The molecule has 1 fully saturated rings. The molecule has 0 spiro atoms. The predicted octanol–water partition coefficient (Wildman–Crippen LogP) is 1.72. The molecule has 0 atom stereocenters. The normalized spacial score (nSPS) is 16.8. The van der Waals surface area contributed by atoms with Gasteiger partial charge in [-0.25, -0.2) is 0 Å². The van der Waals surface area contributed by atoms with Gasteiger partial charge in [-0.15, -0.1) is 0 Å². The summed E-state index contributed by atoms with van der Waals surface area (Å²) in [6, 6.07) is 3.94. The monoisotopic (exact) mass is 273 g/mol. The number of carbonyl (C=O) groups excluding carboxylic acids is 1. The number of carbonyl (C=O) groups is 1. The number of hydrogen-bond acceptors (Lipinski definition) is 3. The average molecular weight is 273 g/mol. The molecule has 0 saturated carbocycles. The van der Waals surface area contributed by atoms with Gasteiger partial charge in [0, 0.05) is 25.1 Å². The van der Waals surface area contributed by atoms with Crippen LogP contribution in [-0.2, 0) is 0 Å². The highest BCUT2D eigenvalue weighted by atomic mass is 16.3. The highest BCUT2D eigenvalue weighted by molar-refractivity contribution is 6.05. The summed E-state index contributed by atoms with van der Waals surface area (Å²) >= 11 is 0. The molecule has 0 unspecified atom stereocenters. The lowest BCUT2D eigenvalue weighted by atomic mass is 9.97. The second kappa shape index (κ2) is 5.25. The van der Waals surface area contributed by atoms with Crippen LogP contribution >= 0.6 is 0 Å². The van der Waals surface area contributed by atoms with E-state index in [-0.39, 0.29) is 12.5 Å². The van der Waals surface area contributed by atoms with E-state index >= 15 is 0 Å². The Balaban J connectivity index is 1.87. The fourth-order valence-corrected chi connectivity index (χ4v) is 2.87. The zero-order chi connectivity index (χ0) is 14.1. The molecule has 1 aliphatic rings. The number of piperidine rings is 1. The molecule has 106 valence electrons. The summed E-state index contributed by atoms with van der Waals surface area (Å²) in [4.78, 5) is 14.6. The van der Waals surface area contributed by atoms with E-state index in [1.807, 2.05) is 24.0 Å². The average Bonchev–Trinajstić information content (AvgIpc) is 2.94. The Bertz CT molecular complexity index is 627. The minimum absolute atomic E-state index is 0.0549. The number of aliphatic hydroxyl groups is 1. The Morgan fingerprint density at radius 3 is 2.90 bits per heavy atom. The second-order valence-corrected chi connectivity index (χ2v) is 5.56. The van der Waals surface area contributed by atoms with Gasteiger partial charge in [-0.1, -0.05) is 0 Å². The zero-order valence-electron chi connectivity index (χ0n) is 11.6. The topological polar surface area (TPSA) is 69.2 Å². The molecule has 0 aliphatic carbocycles. The predicted molar refractivity (Wildman–Crippen MR) is 76.5 cm³/mol. The first-order valence-electron chi connectivity index (χ1n) is 7.03. The van der Waals surface area contributed by atoms with E-state index in [4.69, 9.17) is 5.11 Å². The minimum Gasteiger partial charge on any atom is -0.396 e. The maximum Gasteiger partial charge on any atom is 0.256 e. The molecule has 2 aromatic rings. The van der Waals surface area contributed by atoms with E-state index in [0.29, 0.717) is 24.6 Å². The van der Waals surface area contributed by atoms with E-state index in [9.17, 15) is 4.79 Å². The summed E-state index contributed by atoms with van der Waals surface area (Å²) in [7, 11) is 0. The highest BCUT2D eigenvalue weighted by Crippen LogP contribution is 2.23. The number of aromatic amines is 1. The second-order valence-electron chi connectivity index (χ2n) is 5.56. The fourth-order valence-electron chi connectivity index (χ4n) is 2.87. The Morgan fingerprint density at radius 1 is 1.45 bits per heavy atom. The van der Waals surface area contributed by atoms with Crippen molar-refractivity contribution in [3.63, 3.8) is 0 Å². The first-order chi connectivity index (χ1) is 9.69. The Labute approximate surface area is 117 Å². The molecular formula is C15H19N3O2. The van der Waals surface area contributed by atoms with Crippen LogP contribution in [0.1, 0.15) is 28.8 Å². The van der Waals surface area contributed by atoms with Crippen molar-refractivity contribution in [3.05, 3.63) is 29.5 Å². The first kappa shape index (κ1) is 13.1. The van der Waals surface area contributed by atoms with Gasteiger partial charge in [-0.3, -0.25) is 9.89 Å². The van der Waals surface area contributed by atoms with Gasteiger partial charge in [0.1, 0.15) is 0 Å². The zero-order valence-corrected chi connectivity index (χ0v) is 11.6. The van der Waals surface area contributed by atoms with Crippen LogP contribution in [0.25, 0.3) is 10.9 Å². The standard InChI is InChI=1S/C15H19N3O2/c1-10-6-12-8-16-17-14(12)13(7-10)15(20)18-4-2-11(9-19)3-5-18/h6-8,11,19H,2-5,9H2,1H3,(H,16,17). The van der Waals surface area contributed by atoms with Crippen molar-refractivity contribution < 1.29 is 9.90 Å². The number of aromatic nitrogens is 2. The molecule has 1 saturated heterocycles. The summed E-state index contributed by atoms with van der Waals surface area (Å²) in [5, 5.41) is 17.1. The molecule has 0 bridgehead atoms. The van der Waals surface area contributed by atoms with Crippen molar-refractivity contribution in [2.24, 2.45) is 5.92 Å². The molecule has 1 aromatic heterocycles. The number of hydrogen-bond donors (Lipinski definition) is 2. The number of aryl methyl sites for hydroxylation is 1. The van der Waals surface area contributed by atoms with Crippen LogP contribution in [0.3, 0.4) is 0 Å². The number of nitrogens with zero attached hydrogens (tertiary/aromatic N) is 2. The van der Waals surface area contributed by atoms with E-state index < -0.39 is 0 Å². The van der Waals surface area contributed by atoms with Crippen LogP contribution in [0.5, 0.6) is 0 Å². The molecule has 1 aromatic carbocycles. The molecular weight excluding hydrogens is 254 g/mol. The molecule has 20 heavy (non-hydrogen) atoms. The van der Waals surface area contributed by atoms with Gasteiger partial charge in [0.25, 0.3) is 5.91 Å². The Hall–Kier alpha value is -1.88. The van der Waals surface area contributed by atoms with Crippen LogP contribution in [-0.4, -0.2) is 45.8 Å². The van der Waals surface area contributed by atoms with Crippen molar-refractivity contribution in [2.45, 2.75) is 19.8 Å². The lowest BCUT2D eigenvalue weighted by Crippen LogP contribution is -2.39. The quantitative estimate of drug-likeness (QED) is 0.875. The fraction of sp³-hybridized carbons (Fsp3) is 0.467. The summed E-state index contributed by atoms with van der Waals surface area (Å²) < 4.78 is 0. The van der Waals surface area contributed by atoms with Gasteiger partial charge < -0.3 is 10.0 Å². The van der Waals surface area contributed by atoms with Gasteiger partial charge in [0.2, 0.25) is 0 Å². The van der Waals surface area contributed by atoms with Crippen LogP contribution in [0, 0.1) is 12.8 Å². The van der Waals surface area contributed by atoms with Crippen molar-refractivity contribution in [1.29, 1.82) is 0 Å². The van der Waals surface area contributed by atoms with E-state index in [1.54, 1.807) is 6.20 Å². The van der Waals surface area contributed by atoms with Gasteiger partial charge in [0.15, 0.2) is 0 Å². The maximum atomic E-state index is 12.7. The molecule has 1 aliphatic heterocycles. The third kappa shape index (κ3) is 2.29. The number of nitrogens with one attached hydrogen (secondary N) is 1. The molecule has 2 N–H and O–H groups in total. The molecule has 3 rings (SSSR count). The molecule has 0 radical (unpaired) electrons. The largest absolute Gasteiger partial charge is 0.396 e. The maximum absolute atomic E-state index is 12.7. The minimum atomic E-state index is 0.0549. The van der Waals surface area contributed by atoms with Gasteiger partial charge in [-0.2, -0.15) is 5.10 Å². The van der Waals surface area contributed by atoms with Crippen molar-refractivity contribution in [1.82, 2.24) is 15.1 Å². The van der Waals surface area contributed by atoms with Gasteiger partial charge in [-0.05, 0) is 43.4 Å².